The number of nitrogens with zero attached hydrogens (tertiary/aromatic N) is 1. The first-order valence-electron chi connectivity index (χ1n) is 8.64. The highest BCUT2D eigenvalue weighted by Crippen LogP contribution is 2.19. The molecule has 1 aliphatic carbocycles. The molecule has 0 unspecified atom stereocenters. The Hall–Kier alpha value is -2.49. The van der Waals surface area contributed by atoms with Gasteiger partial charge in [-0.15, -0.1) is 0 Å². The highest BCUT2D eigenvalue weighted by molar-refractivity contribution is 5.80. The van der Waals surface area contributed by atoms with Gasteiger partial charge >= 0.3 is 0 Å². The summed E-state index contributed by atoms with van der Waals surface area (Å²) < 4.78 is 5.88. The molecule has 4 heteroatoms. The van der Waals surface area contributed by atoms with Crippen molar-refractivity contribution in [1.82, 2.24) is 10.6 Å². The number of guanidine groups is 1. The minimum atomic E-state index is 0.583. The van der Waals surface area contributed by atoms with Gasteiger partial charge in [0, 0.05) is 12.6 Å². The predicted octanol–water partition coefficient (Wildman–Crippen LogP) is 3.48. The van der Waals surface area contributed by atoms with Crippen LogP contribution in [-0.4, -0.2) is 18.5 Å². The molecule has 0 heterocycles. The number of ether oxygens (including phenoxy) is 1. The lowest BCUT2D eigenvalue weighted by molar-refractivity contribution is 0.306. The third-order valence-corrected chi connectivity index (χ3v) is 3.83. The molecule has 0 atom stereocenters. The summed E-state index contributed by atoms with van der Waals surface area (Å²) in [5.74, 6) is 1.78. The molecule has 1 saturated carbocycles. The van der Waals surface area contributed by atoms with Gasteiger partial charge < -0.3 is 15.4 Å². The Kier molecular flexibility index (Phi) is 5.72. The van der Waals surface area contributed by atoms with Gasteiger partial charge in [-0.25, -0.2) is 4.99 Å². The second-order valence-electron chi connectivity index (χ2n) is 6.04. The minimum absolute atomic E-state index is 0.583. The molecule has 3 rings (SSSR count). The standard InChI is InChI=1S/C20H25N3O/c1-2-21-20(23-18-11-12-18)22-14-17-9-6-10-19(13-17)24-15-16-7-4-3-5-8-16/h3-10,13,18H,2,11-12,14-15H2,1H3,(H2,21,22,23). The third kappa shape index (κ3) is 5.30. The highest BCUT2D eigenvalue weighted by Gasteiger charge is 2.21. The Balaban J connectivity index is 1.57. The third-order valence-electron chi connectivity index (χ3n) is 3.83. The van der Waals surface area contributed by atoms with E-state index in [1.165, 1.54) is 18.4 Å². The Morgan fingerprint density at radius 3 is 2.62 bits per heavy atom. The van der Waals surface area contributed by atoms with Crippen LogP contribution in [0.15, 0.2) is 59.6 Å². The SMILES string of the molecule is CCNC(=NCc1cccc(OCc2ccccc2)c1)NC1CC1. The van der Waals surface area contributed by atoms with Crippen molar-refractivity contribution in [2.45, 2.75) is 39.0 Å². The van der Waals surface area contributed by atoms with Gasteiger partial charge in [0.25, 0.3) is 0 Å². The maximum absolute atomic E-state index is 5.88. The molecule has 24 heavy (non-hydrogen) atoms. The second kappa shape index (κ2) is 8.39. The zero-order valence-electron chi connectivity index (χ0n) is 14.2. The summed E-state index contributed by atoms with van der Waals surface area (Å²) >= 11 is 0. The van der Waals surface area contributed by atoms with Gasteiger partial charge in [-0.05, 0) is 43.0 Å². The molecule has 0 aliphatic heterocycles. The number of hydrogen-bond acceptors (Lipinski definition) is 2. The molecule has 0 amide bonds. The first-order chi connectivity index (χ1) is 11.8. The predicted molar refractivity (Wildman–Crippen MR) is 98.2 cm³/mol. The van der Waals surface area contributed by atoms with Gasteiger partial charge in [0.2, 0.25) is 0 Å². The maximum atomic E-state index is 5.88. The molecular weight excluding hydrogens is 298 g/mol. The summed E-state index contributed by atoms with van der Waals surface area (Å²) in [4.78, 5) is 4.66. The molecule has 0 aromatic heterocycles. The molecule has 2 N–H and O–H groups in total. The van der Waals surface area contributed by atoms with Crippen molar-refractivity contribution in [2.75, 3.05) is 6.54 Å². The first-order valence-corrected chi connectivity index (χ1v) is 8.64. The lowest BCUT2D eigenvalue weighted by Gasteiger charge is -2.11. The molecule has 1 fully saturated rings. The zero-order chi connectivity index (χ0) is 16.6. The molecule has 0 spiro atoms. The van der Waals surface area contributed by atoms with Crippen molar-refractivity contribution >= 4 is 5.96 Å². The fraction of sp³-hybridized carbons (Fsp3) is 0.350. The first kappa shape index (κ1) is 16.4. The summed E-state index contributed by atoms with van der Waals surface area (Å²) in [5.41, 5.74) is 2.32. The van der Waals surface area contributed by atoms with E-state index in [0.717, 1.165) is 23.8 Å². The number of benzene rings is 2. The van der Waals surface area contributed by atoms with Crippen LogP contribution >= 0.6 is 0 Å². The average Bonchev–Trinajstić information content (AvgIpc) is 3.43. The van der Waals surface area contributed by atoms with Crippen LogP contribution in [0.1, 0.15) is 30.9 Å². The van der Waals surface area contributed by atoms with E-state index in [1.807, 2.05) is 30.3 Å². The van der Waals surface area contributed by atoms with Crippen LogP contribution in [0.3, 0.4) is 0 Å². The average molecular weight is 323 g/mol. The van der Waals surface area contributed by atoms with E-state index in [2.05, 4.69) is 46.8 Å². The minimum Gasteiger partial charge on any atom is -0.489 e. The van der Waals surface area contributed by atoms with Crippen LogP contribution in [0, 0.1) is 0 Å². The molecule has 0 bridgehead atoms. The van der Waals surface area contributed by atoms with Crippen molar-refractivity contribution in [2.24, 2.45) is 4.99 Å². The summed E-state index contributed by atoms with van der Waals surface area (Å²) in [6.07, 6.45) is 2.49. The van der Waals surface area contributed by atoms with Crippen LogP contribution in [0.2, 0.25) is 0 Å². The van der Waals surface area contributed by atoms with Gasteiger partial charge in [-0.1, -0.05) is 42.5 Å². The van der Waals surface area contributed by atoms with E-state index in [9.17, 15) is 0 Å². The monoisotopic (exact) mass is 323 g/mol. The smallest absolute Gasteiger partial charge is 0.191 e. The van der Waals surface area contributed by atoms with Crippen molar-refractivity contribution in [1.29, 1.82) is 0 Å². The van der Waals surface area contributed by atoms with E-state index in [0.29, 0.717) is 19.2 Å². The lowest BCUT2D eigenvalue weighted by atomic mass is 10.2. The molecular formula is C20H25N3O. The van der Waals surface area contributed by atoms with Crippen LogP contribution in [0.25, 0.3) is 0 Å². The Labute approximate surface area is 144 Å². The summed E-state index contributed by atoms with van der Waals surface area (Å²) in [7, 11) is 0. The second-order valence-corrected chi connectivity index (χ2v) is 6.04. The van der Waals surface area contributed by atoms with Gasteiger partial charge in [0.1, 0.15) is 12.4 Å². The van der Waals surface area contributed by atoms with Gasteiger partial charge in [0.15, 0.2) is 5.96 Å². The zero-order valence-corrected chi connectivity index (χ0v) is 14.2. The van der Waals surface area contributed by atoms with Crippen LogP contribution in [-0.2, 0) is 13.2 Å². The molecule has 4 nitrogen and oxygen atoms in total. The summed E-state index contributed by atoms with van der Waals surface area (Å²) in [5, 5.41) is 6.72. The van der Waals surface area contributed by atoms with Crippen molar-refractivity contribution in [3.8, 4) is 5.75 Å². The number of hydrogen-bond donors (Lipinski definition) is 2. The van der Waals surface area contributed by atoms with Crippen molar-refractivity contribution < 1.29 is 4.74 Å². The van der Waals surface area contributed by atoms with Crippen LogP contribution in [0.4, 0.5) is 0 Å². The Morgan fingerprint density at radius 1 is 1.08 bits per heavy atom. The number of nitrogens with one attached hydrogen (secondary N) is 2. The molecule has 0 saturated heterocycles. The fourth-order valence-electron chi connectivity index (χ4n) is 2.39. The topological polar surface area (TPSA) is 45.7 Å². The fourth-order valence-corrected chi connectivity index (χ4v) is 2.39. The van der Waals surface area contributed by atoms with Crippen LogP contribution < -0.4 is 15.4 Å². The Morgan fingerprint density at radius 2 is 1.88 bits per heavy atom. The maximum Gasteiger partial charge on any atom is 0.191 e. The van der Waals surface area contributed by atoms with Gasteiger partial charge in [-0.2, -0.15) is 0 Å². The van der Waals surface area contributed by atoms with Crippen molar-refractivity contribution in [3.63, 3.8) is 0 Å². The molecule has 1 aliphatic rings. The number of aliphatic imine (C=N–C) groups is 1. The van der Waals surface area contributed by atoms with Crippen LogP contribution in [0.5, 0.6) is 5.75 Å². The van der Waals surface area contributed by atoms with E-state index < -0.39 is 0 Å². The summed E-state index contributed by atoms with van der Waals surface area (Å²) in [6.45, 7) is 4.19. The summed E-state index contributed by atoms with van der Waals surface area (Å²) in [6, 6.07) is 19.0. The molecule has 0 radical (unpaired) electrons. The lowest BCUT2D eigenvalue weighted by Crippen LogP contribution is -2.38. The van der Waals surface area contributed by atoms with Crippen molar-refractivity contribution in [3.05, 3.63) is 65.7 Å². The van der Waals surface area contributed by atoms with E-state index in [1.54, 1.807) is 0 Å². The Bertz CT molecular complexity index is 666. The normalized spacial score (nSPS) is 14.3. The quantitative estimate of drug-likeness (QED) is 0.606. The van der Waals surface area contributed by atoms with Gasteiger partial charge in [-0.3, -0.25) is 0 Å². The largest absolute Gasteiger partial charge is 0.489 e. The van der Waals surface area contributed by atoms with E-state index >= 15 is 0 Å². The van der Waals surface area contributed by atoms with E-state index in [4.69, 9.17) is 4.74 Å². The molecule has 2 aromatic rings. The molecule has 2 aromatic carbocycles. The number of rotatable bonds is 7. The molecule has 126 valence electrons. The van der Waals surface area contributed by atoms with Gasteiger partial charge in [0.05, 0.1) is 6.54 Å². The highest BCUT2D eigenvalue weighted by atomic mass is 16.5. The van der Waals surface area contributed by atoms with E-state index in [-0.39, 0.29) is 0 Å².